The van der Waals surface area contributed by atoms with Crippen molar-refractivity contribution >= 4 is 34.0 Å². The Morgan fingerprint density at radius 1 is 1.23 bits per heavy atom. The molecule has 9 heteroatoms. The van der Waals surface area contributed by atoms with E-state index in [1.54, 1.807) is 39.0 Å². The number of nitrogens with two attached hydrogens (primary N) is 1. The highest BCUT2D eigenvalue weighted by Gasteiger charge is 2.24. The Morgan fingerprint density at radius 2 is 1.88 bits per heavy atom. The molecule has 0 spiro atoms. The van der Waals surface area contributed by atoms with Gasteiger partial charge in [-0.15, -0.1) is 12.4 Å². The summed E-state index contributed by atoms with van der Waals surface area (Å²) in [5, 5.41) is 2.69. The lowest BCUT2D eigenvalue weighted by Crippen LogP contribution is -2.31. The molecule has 1 aromatic heterocycles. The molecule has 0 fully saturated rings. The first-order chi connectivity index (χ1) is 11.8. The standard InChI is InChI=1S/C17H23N3O4S.ClH/c1-4-20(5-2)25(22,23)16-9-14(7-6-12(16)3)19-17(21)13-8-15(10-18)24-11-13;/h6-9,11H,4-5,10,18H2,1-3H3,(H,19,21);1H. The van der Waals surface area contributed by atoms with E-state index in [0.29, 0.717) is 35.7 Å². The summed E-state index contributed by atoms with van der Waals surface area (Å²) >= 11 is 0. The van der Waals surface area contributed by atoms with Gasteiger partial charge in [-0.1, -0.05) is 19.9 Å². The number of rotatable bonds is 7. The SMILES string of the molecule is CCN(CC)S(=O)(=O)c1cc(NC(=O)c2coc(CN)c2)ccc1C.Cl. The monoisotopic (exact) mass is 401 g/mol. The summed E-state index contributed by atoms with van der Waals surface area (Å²) in [6.45, 7) is 6.26. The number of nitrogens with one attached hydrogen (secondary N) is 1. The topological polar surface area (TPSA) is 106 Å². The van der Waals surface area contributed by atoms with E-state index in [9.17, 15) is 13.2 Å². The Balaban J connectivity index is 0.00000338. The number of carbonyl (C=O) groups excluding carboxylic acids is 1. The van der Waals surface area contributed by atoms with Gasteiger partial charge in [-0.25, -0.2) is 8.42 Å². The average Bonchev–Trinajstić information content (AvgIpc) is 3.06. The third-order valence-corrected chi connectivity index (χ3v) is 6.08. The highest BCUT2D eigenvalue weighted by Crippen LogP contribution is 2.24. The van der Waals surface area contributed by atoms with Gasteiger partial charge in [0.25, 0.3) is 5.91 Å². The van der Waals surface area contributed by atoms with Crippen LogP contribution in [-0.4, -0.2) is 31.7 Å². The smallest absolute Gasteiger partial charge is 0.258 e. The van der Waals surface area contributed by atoms with Gasteiger partial charge in [0.2, 0.25) is 10.0 Å². The summed E-state index contributed by atoms with van der Waals surface area (Å²) in [7, 11) is -3.61. The van der Waals surface area contributed by atoms with Gasteiger partial charge in [-0.3, -0.25) is 4.79 Å². The number of amides is 1. The van der Waals surface area contributed by atoms with Crippen LogP contribution in [0, 0.1) is 6.92 Å². The van der Waals surface area contributed by atoms with Crippen LogP contribution in [-0.2, 0) is 16.6 Å². The van der Waals surface area contributed by atoms with Crippen molar-refractivity contribution in [1.82, 2.24) is 4.31 Å². The van der Waals surface area contributed by atoms with Crippen LogP contribution in [0.5, 0.6) is 0 Å². The van der Waals surface area contributed by atoms with E-state index in [1.807, 2.05) is 0 Å². The summed E-state index contributed by atoms with van der Waals surface area (Å²) in [5.41, 5.74) is 6.81. The Kier molecular flexibility index (Phi) is 7.83. The molecule has 0 unspecified atom stereocenters. The quantitative estimate of drug-likeness (QED) is 0.741. The van der Waals surface area contributed by atoms with Gasteiger partial charge in [0.1, 0.15) is 12.0 Å². The molecular formula is C17H24ClN3O4S. The van der Waals surface area contributed by atoms with Crippen LogP contribution >= 0.6 is 12.4 Å². The highest BCUT2D eigenvalue weighted by molar-refractivity contribution is 7.89. The van der Waals surface area contributed by atoms with E-state index in [4.69, 9.17) is 10.2 Å². The summed E-state index contributed by atoms with van der Waals surface area (Å²) in [6, 6.07) is 6.37. The van der Waals surface area contributed by atoms with Crippen LogP contribution in [0.15, 0.2) is 39.8 Å². The van der Waals surface area contributed by atoms with Gasteiger partial charge < -0.3 is 15.5 Å². The number of aryl methyl sites for hydroxylation is 1. The number of furan rings is 1. The maximum Gasteiger partial charge on any atom is 0.258 e. The van der Waals surface area contributed by atoms with Crippen LogP contribution in [0.3, 0.4) is 0 Å². The van der Waals surface area contributed by atoms with E-state index in [0.717, 1.165) is 0 Å². The minimum atomic E-state index is -3.61. The second kappa shape index (κ2) is 9.18. The number of carbonyl (C=O) groups is 1. The minimum absolute atomic E-state index is 0. The molecule has 0 bridgehead atoms. The van der Waals surface area contributed by atoms with Crippen LogP contribution in [0.2, 0.25) is 0 Å². The maximum atomic E-state index is 12.7. The molecule has 0 atom stereocenters. The number of hydrogen-bond donors (Lipinski definition) is 2. The fourth-order valence-electron chi connectivity index (χ4n) is 2.47. The Bertz CT molecular complexity index is 861. The van der Waals surface area contributed by atoms with Gasteiger partial charge in [0, 0.05) is 18.8 Å². The lowest BCUT2D eigenvalue weighted by Gasteiger charge is -2.20. The number of sulfonamides is 1. The lowest BCUT2D eigenvalue weighted by molar-refractivity contribution is 0.102. The van der Waals surface area contributed by atoms with E-state index >= 15 is 0 Å². The molecule has 0 radical (unpaired) electrons. The number of nitrogens with zero attached hydrogens (tertiary/aromatic N) is 1. The summed E-state index contributed by atoms with van der Waals surface area (Å²) < 4.78 is 32.0. The minimum Gasteiger partial charge on any atom is -0.467 e. The number of halogens is 1. The van der Waals surface area contributed by atoms with Crippen molar-refractivity contribution in [3.8, 4) is 0 Å². The van der Waals surface area contributed by atoms with Crippen LogP contribution in [0.25, 0.3) is 0 Å². The predicted molar refractivity (Wildman–Crippen MR) is 103 cm³/mol. The zero-order valence-corrected chi connectivity index (χ0v) is 16.6. The zero-order valence-electron chi connectivity index (χ0n) is 15.0. The van der Waals surface area contributed by atoms with Crippen molar-refractivity contribution in [1.29, 1.82) is 0 Å². The van der Waals surface area contributed by atoms with Gasteiger partial charge >= 0.3 is 0 Å². The summed E-state index contributed by atoms with van der Waals surface area (Å²) in [4.78, 5) is 12.4. The van der Waals surface area contributed by atoms with Crippen LogP contribution in [0.1, 0.15) is 35.5 Å². The number of hydrogen-bond acceptors (Lipinski definition) is 5. The number of anilines is 1. The Morgan fingerprint density at radius 3 is 2.42 bits per heavy atom. The van der Waals surface area contributed by atoms with E-state index in [1.165, 1.54) is 16.6 Å². The molecule has 0 saturated carbocycles. The molecule has 2 rings (SSSR count). The van der Waals surface area contributed by atoms with E-state index in [2.05, 4.69) is 5.32 Å². The van der Waals surface area contributed by atoms with Gasteiger partial charge in [0.05, 0.1) is 17.0 Å². The Labute approximate surface area is 160 Å². The normalized spacial score (nSPS) is 11.3. The molecule has 1 heterocycles. The van der Waals surface area contributed by atoms with Crippen molar-refractivity contribution in [2.75, 3.05) is 18.4 Å². The molecule has 3 N–H and O–H groups in total. The van der Waals surface area contributed by atoms with Crippen molar-refractivity contribution < 1.29 is 17.6 Å². The van der Waals surface area contributed by atoms with Gasteiger partial charge in [-0.05, 0) is 30.7 Å². The molecule has 144 valence electrons. The van der Waals surface area contributed by atoms with E-state index < -0.39 is 15.9 Å². The second-order valence-electron chi connectivity index (χ2n) is 5.53. The van der Waals surface area contributed by atoms with Gasteiger partial charge in [-0.2, -0.15) is 4.31 Å². The molecular weight excluding hydrogens is 378 g/mol. The van der Waals surface area contributed by atoms with Crippen molar-refractivity contribution in [3.63, 3.8) is 0 Å². The number of benzene rings is 1. The van der Waals surface area contributed by atoms with Crippen molar-refractivity contribution in [2.45, 2.75) is 32.2 Å². The largest absolute Gasteiger partial charge is 0.467 e. The molecule has 1 aromatic carbocycles. The van der Waals surface area contributed by atoms with Crippen molar-refractivity contribution in [3.05, 3.63) is 47.4 Å². The molecule has 0 saturated heterocycles. The summed E-state index contributed by atoms with van der Waals surface area (Å²) in [6.07, 6.45) is 1.32. The first-order valence-electron chi connectivity index (χ1n) is 8.03. The van der Waals surface area contributed by atoms with Crippen LogP contribution < -0.4 is 11.1 Å². The first kappa shape index (κ1) is 22.2. The second-order valence-corrected chi connectivity index (χ2v) is 7.44. The fraction of sp³-hybridized carbons (Fsp3) is 0.353. The molecule has 26 heavy (non-hydrogen) atoms. The molecule has 2 aromatic rings. The molecule has 1 amide bonds. The van der Waals surface area contributed by atoms with Crippen molar-refractivity contribution in [2.24, 2.45) is 5.73 Å². The summed E-state index contributed by atoms with van der Waals surface area (Å²) in [5.74, 6) is 0.109. The highest BCUT2D eigenvalue weighted by atomic mass is 35.5. The third kappa shape index (κ3) is 4.64. The average molecular weight is 402 g/mol. The molecule has 0 aliphatic carbocycles. The Hall–Kier alpha value is -1.87. The lowest BCUT2D eigenvalue weighted by atomic mass is 10.2. The van der Waals surface area contributed by atoms with E-state index in [-0.39, 0.29) is 23.8 Å². The fourth-order valence-corrected chi connectivity index (χ4v) is 4.18. The van der Waals surface area contributed by atoms with Gasteiger partial charge in [0.15, 0.2) is 0 Å². The third-order valence-electron chi connectivity index (χ3n) is 3.89. The predicted octanol–water partition coefficient (Wildman–Crippen LogP) is 2.75. The maximum absolute atomic E-state index is 12.7. The molecule has 7 nitrogen and oxygen atoms in total. The zero-order chi connectivity index (χ0) is 18.6. The first-order valence-corrected chi connectivity index (χ1v) is 9.47. The molecule has 0 aliphatic heterocycles. The molecule has 0 aliphatic rings. The van der Waals surface area contributed by atoms with Crippen LogP contribution in [0.4, 0.5) is 5.69 Å².